The molecule has 0 aliphatic carbocycles. The lowest BCUT2D eigenvalue weighted by Gasteiger charge is -2.06. The number of Topliss-reactive ketones (excluding diaryl/α,β-unsaturated/α-hetero) is 1. The Balaban J connectivity index is 2.11. The van der Waals surface area contributed by atoms with Crippen molar-refractivity contribution in [3.05, 3.63) is 64.7 Å². The molecule has 2 nitrogen and oxygen atoms in total. The summed E-state index contributed by atoms with van der Waals surface area (Å²) in [5.41, 5.74) is 4.19. The predicted molar refractivity (Wildman–Crippen MR) is 81.6 cm³/mol. The van der Waals surface area contributed by atoms with Gasteiger partial charge >= 0.3 is 0 Å². The molecule has 2 aromatic carbocycles. The van der Waals surface area contributed by atoms with Crippen LogP contribution in [0.4, 0.5) is 0 Å². The molecule has 0 bridgehead atoms. The van der Waals surface area contributed by atoms with Gasteiger partial charge in [0, 0.05) is 12.0 Å². The fourth-order valence-corrected chi connectivity index (χ4v) is 2.36. The van der Waals surface area contributed by atoms with Crippen LogP contribution in [0.2, 0.25) is 0 Å². The van der Waals surface area contributed by atoms with E-state index in [9.17, 15) is 4.79 Å². The maximum atomic E-state index is 12.3. The van der Waals surface area contributed by atoms with Crippen LogP contribution in [0.25, 0.3) is 0 Å². The lowest BCUT2D eigenvalue weighted by Crippen LogP contribution is -2.04. The molecule has 2 rings (SSSR count). The Kier molecular flexibility index (Phi) is 4.57. The average molecular weight is 268 g/mol. The Morgan fingerprint density at radius 2 is 1.60 bits per heavy atom. The number of ether oxygens (including phenoxy) is 1. The molecule has 0 amide bonds. The Hall–Kier alpha value is -2.09. The van der Waals surface area contributed by atoms with Crippen LogP contribution in [-0.2, 0) is 6.42 Å². The molecular formula is C18H20O2. The number of ketones is 1. The fraction of sp³-hybridized carbons (Fsp3) is 0.278. The second-order valence-corrected chi connectivity index (χ2v) is 5.05. The lowest BCUT2D eigenvalue weighted by atomic mass is 10.00. The van der Waals surface area contributed by atoms with Crippen LogP contribution in [0.1, 0.15) is 34.0 Å². The number of hydrogen-bond acceptors (Lipinski definition) is 2. The van der Waals surface area contributed by atoms with Crippen molar-refractivity contribution in [1.29, 1.82) is 0 Å². The van der Waals surface area contributed by atoms with Crippen molar-refractivity contribution < 1.29 is 9.53 Å². The van der Waals surface area contributed by atoms with Gasteiger partial charge < -0.3 is 4.74 Å². The molecule has 0 heterocycles. The lowest BCUT2D eigenvalue weighted by molar-refractivity contribution is 0.0993. The first kappa shape index (κ1) is 14.3. The largest absolute Gasteiger partial charge is 0.494 e. The van der Waals surface area contributed by atoms with Crippen LogP contribution in [0, 0.1) is 13.8 Å². The second kappa shape index (κ2) is 6.38. The summed E-state index contributed by atoms with van der Waals surface area (Å²) < 4.78 is 5.38. The zero-order chi connectivity index (χ0) is 14.5. The summed E-state index contributed by atoms with van der Waals surface area (Å²) in [5.74, 6) is 0.938. The molecule has 0 N–H and O–H groups in total. The molecule has 0 unspecified atom stereocenters. The third kappa shape index (κ3) is 3.70. The summed E-state index contributed by atoms with van der Waals surface area (Å²) in [5, 5.41) is 0. The normalized spacial score (nSPS) is 10.3. The molecule has 0 radical (unpaired) electrons. The highest BCUT2D eigenvalue weighted by atomic mass is 16.5. The van der Waals surface area contributed by atoms with Gasteiger partial charge in [0.15, 0.2) is 5.78 Å². The van der Waals surface area contributed by atoms with Crippen molar-refractivity contribution in [3.8, 4) is 5.75 Å². The van der Waals surface area contributed by atoms with Gasteiger partial charge in [-0.25, -0.2) is 0 Å². The van der Waals surface area contributed by atoms with Crippen molar-refractivity contribution in [3.63, 3.8) is 0 Å². The van der Waals surface area contributed by atoms with Gasteiger partial charge in [-0.2, -0.15) is 0 Å². The van der Waals surface area contributed by atoms with Gasteiger partial charge in [-0.3, -0.25) is 4.79 Å². The van der Waals surface area contributed by atoms with Gasteiger partial charge in [0.25, 0.3) is 0 Å². The summed E-state index contributed by atoms with van der Waals surface area (Å²) in [6, 6.07) is 13.6. The van der Waals surface area contributed by atoms with Crippen LogP contribution in [0.5, 0.6) is 5.75 Å². The molecule has 0 aromatic heterocycles. The maximum Gasteiger partial charge on any atom is 0.167 e. The first-order chi connectivity index (χ1) is 9.58. The number of aryl methyl sites for hydroxylation is 2. The van der Waals surface area contributed by atoms with Crippen molar-refractivity contribution in [1.82, 2.24) is 0 Å². The molecule has 2 aromatic rings. The van der Waals surface area contributed by atoms with E-state index in [0.717, 1.165) is 16.9 Å². The molecule has 0 spiro atoms. The van der Waals surface area contributed by atoms with E-state index in [2.05, 4.69) is 32.0 Å². The number of carbonyl (C=O) groups is 1. The summed E-state index contributed by atoms with van der Waals surface area (Å²) >= 11 is 0. The van der Waals surface area contributed by atoms with E-state index in [4.69, 9.17) is 4.74 Å². The topological polar surface area (TPSA) is 26.3 Å². The van der Waals surface area contributed by atoms with Crippen LogP contribution in [0.3, 0.4) is 0 Å². The van der Waals surface area contributed by atoms with Gasteiger partial charge in [0.05, 0.1) is 6.61 Å². The van der Waals surface area contributed by atoms with E-state index in [0.29, 0.717) is 13.0 Å². The van der Waals surface area contributed by atoms with Crippen LogP contribution in [0.15, 0.2) is 42.5 Å². The smallest absolute Gasteiger partial charge is 0.167 e. The van der Waals surface area contributed by atoms with Crippen LogP contribution >= 0.6 is 0 Å². The first-order valence-corrected chi connectivity index (χ1v) is 6.91. The average Bonchev–Trinajstić information content (AvgIpc) is 2.38. The van der Waals surface area contributed by atoms with Crippen molar-refractivity contribution in [2.45, 2.75) is 27.2 Å². The SMILES string of the molecule is CCOc1ccc(C(=O)Cc2cc(C)cc(C)c2)cc1. The monoisotopic (exact) mass is 268 g/mol. The molecule has 0 aliphatic heterocycles. The molecule has 0 fully saturated rings. The van der Waals surface area contributed by atoms with Gasteiger partial charge in [0.1, 0.15) is 5.75 Å². The van der Waals surface area contributed by atoms with E-state index in [-0.39, 0.29) is 5.78 Å². The first-order valence-electron chi connectivity index (χ1n) is 6.91. The minimum Gasteiger partial charge on any atom is -0.494 e. The van der Waals surface area contributed by atoms with Gasteiger partial charge in [-0.05, 0) is 50.6 Å². The van der Waals surface area contributed by atoms with E-state index in [1.165, 1.54) is 11.1 Å². The summed E-state index contributed by atoms with van der Waals surface area (Å²) in [7, 11) is 0. The van der Waals surface area contributed by atoms with Gasteiger partial charge in [0.2, 0.25) is 0 Å². The minimum absolute atomic E-state index is 0.137. The van der Waals surface area contributed by atoms with Gasteiger partial charge in [-0.15, -0.1) is 0 Å². The highest BCUT2D eigenvalue weighted by Crippen LogP contribution is 2.15. The molecule has 104 valence electrons. The molecule has 0 saturated heterocycles. The molecule has 2 heteroatoms. The zero-order valence-electron chi connectivity index (χ0n) is 12.3. The highest BCUT2D eigenvalue weighted by molar-refractivity contribution is 5.97. The minimum atomic E-state index is 0.137. The van der Waals surface area contributed by atoms with E-state index in [1.807, 2.05) is 31.2 Å². The van der Waals surface area contributed by atoms with Crippen LogP contribution < -0.4 is 4.74 Å². The Bertz CT molecular complexity index is 577. The van der Waals surface area contributed by atoms with Crippen LogP contribution in [-0.4, -0.2) is 12.4 Å². The molecule has 0 saturated carbocycles. The number of rotatable bonds is 5. The second-order valence-electron chi connectivity index (χ2n) is 5.05. The van der Waals surface area contributed by atoms with Crippen molar-refractivity contribution in [2.75, 3.05) is 6.61 Å². The zero-order valence-corrected chi connectivity index (χ0v) is 12.3. The summed E-state index contributed by atoms with van der Waals surface area (Å²) in [6.45, 7) is 6.69. The Morgan fingerprint density at radius 1 is 1.00 bits per heavy atom. The molecule has 0 atom stereocenters. The quantitative estimate of drug-likeness (QED) is 0.762. The van der Waals surface area contributed by atoms with Gasteiger partial charge in [-0.1, -0.05) is 29.3 Å². The number of benzene rings is 2. The van der Waals surface area contributed by atoms with Crippen molar-refractivity contribution >= 4 is 5.78 Å². The third-order valence-electron chi connectivity index (χ3n) is 3.13. The number of carbonyl (C=O) groups excluding carboxylic acids is 1. The predicted octanol–water partition coefficient (Wildman–Crippen LogP) is 4.13. The standard InChI is InChI=1S/C18H20O2/c1-4-20-17-7-5-16(6-8-17)18(19)12-15-10-13(2)9-14(3)11-15/h5-11H,4,12H2,1-3H3. The fourth-order valence-electron chi connectivity index (χ4n) is 2.36. The maximum absolute atomic E-state index is 12.3. The van der Waals surface area contributed by atoms with E-state index >= 15 is 0 Å². The molecule has 0 aliphatic rings. The summed E-state index contributed by atoms with van der Waals surface area (Å²) in [6.07, 6.45) is 0.441. The van der Waals surface area contributed by atoms with E-state index in [1.54, 1.807) is 0 Å². The molecular weight excluding hydrogens is 248 g/mol. The molecule has 20 heavy (non-hydrogen) atoms. The number of hydrogen-bond donors (Lipinski definition) is 0. The van der Waals surface area contributed by atoms with Crippen molar-refractivity contribution in [2.24, 2.45) is 0 Å². The summed E-state index contributed by atoms with van der Waals surface area (Å²) in [4.78, 5) is 12.3. The Labute approximate surface area is 120 Å². The Morgan fingerprint density at radius 3 is 2.15 bits per heavy atom. The van der Waals surface area contributed by atoms with E-state index < -0.39 is 0 Å². The highest BCUT2D eigenvalue weighted by Gasteiger charge is 2.08. The third-order valence-corrected chi connectivity index (χ3v) is 3.13.